The van der Waals surface area contributed by atoms with Crippen LogP contribution in [0.25, 0.3) is 0 Å². The minimum atomic E-state index is -0.368. The van der Waals surface area contributed by atoms with Gasteiger partial charge in [-0.3, -0.25) is 0 Å². The molecule has 4 heteroatoms. The molecule has 3 rings (SSSR count). The highest BCUT2D eigenvalue weighted by Crippen LogP contribution is 2.33. The van der Waals surface area contributed by atoms with Crippen LogP contribution in [0.5, 0.6) is 11.5 Å². The normalized spacial score (nSPS) is 24.5. The molecule has 0 bridgehead atoms. The topological polar surface area (TPSA) is 69.9 Å². The average Bonchev–Trinajstić information content (AvgIpc) is 2.54. The van der Waals surface area contributed by atoms with E-state index in [2.05, 4.69) is 0 Å². The van der Waals surface area contributed by atoms with Crippen molar-refractivity contribution < 1.29 is 20.1 Å². The summed E-state index contributed by atoms with van der Waals surface area (Å²) in [5.41, 5.74) is 2.13. The fourth-order valence-electron chi connectivity index (χ4n) is 3.07. The number of ether oxygens (including phenoxy) is 1. The third-order valence-electron chi connectivity index (χ3n) is 4.33. The molecule has 0 aliphatic carbocycles. The van der Waals surface area contributed by atoms with Crippen molar-refractivity contribution in [1.82, 2.24) is 0 Å². The second-order valence-electron chi connectivity index (χ2n) is 6.17. The Bertz CT molecular complexity index is 621. The summed E-state index contributed by atoms with van der Waals surface area (Å²) in [6.07, 6.45) is 2.41. The highest BCUT2D eigenvalue weighted by atomic mass is 16.5. The molecular formula is C19H22O4. The van der Waals surface area contributed by atoms with Gasteiger partial charge in [-0.1, -0.05) is 24.3 Å². The van der Waals surface area contributed by atoms with Crippen LogP contribution in [0.2, 0.25) is 0 Å². The van der Waals surface area contributed by atoms with Crippen LogP contribution in [0.4, 0.5) is 0 Å². The van der Waals surface area contributed by atoms with Crippen molar-refractivity contribution in [2.45, 2.75) is 44.0 Å². The molecule has 0 radical (unpaired) electrons. The zero-order chi connectivity index (χ0) is 16.2. The number of hydrogen-bond donors (Lipinski definition) is 3. The fraction of sp³-hybridized carbons (Fsp3) is 0.368. The molecule has 1 fully saturated rings. The Morgan fingerprint density at radius 2 is 1.48 bits per heavy atom. The second kappa shape index (κ2) is 7.02. The van der Waals surface area contributed by atoms with Gasteiger partial charge in [0.1, 0.15) is 11.5 Å². The molecule has 23 heavy (non-hydrogen) atoms. The standard InChI is InChI=1S/C19H22O4/c20-15-6-1-13(2-7-15)3-10-18-11-17(22)12-19(23-18)14-4-8-16(21)9-5-14/h1-2,4-9,17-22H,3,10-12H2/t17-,18-,19-/m0/s1. The molecule has 2 aromatic carbocycles. The van der Waals surface area contributed by atoms with Crippen molar-refractivity contribution in [1.29, 1.82) is 0 Å². The number of rotatable bonds is 4. The number of benzene rings is 2. The summed E-state index contributed by atoms with van der Waals surface area (Å²) in [4.78, 5) is 0. The first-order valence-electron chi connectivity index (χ1n) is 8.00. The van der Waals surface area contributed by atoms with Gasteiger partial charge in [-0.05, 0) is 54.7 Å². The van der Waals surface area contributed by atoms with Gasteiger partial charge in [0.15, 0.2) is 0 Å². The first-order valence-corrected chi connectivity index (χ1v) is 8.00. The Morgan fingerprint density at radius 1 is 0.870 bits per heavy atom. The molecule has 122 valence electrons. The molecule has 3 atom stereocenters. The molecule has 0 amide bonds. The Balaban J connectivity index is 1.61. The van der Waals surface area contributed by atoms with Gasteiger partial charge >= 0.3 is 0 Å². The van der Waals surface area contributed by atoms with Gasteiger partial charge in [0.2, 0.25) is 0 Å². The van der Waals surface area contributed by atoms with Gasteiger partial charge in [-0.15, -0.1) is 0 Å². The quantitative estimate of drug-likeness (QED) is 0.810. The summed E-state index contributed by atoms with van der Waals surface area (Å²) in [6.45, 7) is 0. The minimum Gasteiger partial charge on any atom is -0.508 e. The van der Waals surface area contributed by atoms with E-state index in [9.17, 15) is 15.3 Å². The largest absolute Gasteiger partial charge is 0.508 e. The zero-order valence-corrected chi connectivity index (χ0v) is 12.9. The van der Waals surface area contributed by atoms with E-state index in [1.807, 2.05) is 24.3 Å². The smallest absolute Gasteiger partial charge is 0.115 e. The highest BCUT2D eigenvalue weighted by Gasteiger charge is 2.29. The number of phenolic OH excluding ortho intramolecular Hbond substituents is 2. The van der Waals surface area contributed by atoms with Crippen LogP contribution in [0.3, 0.4) is 0 Å². The zero-order valence-electron chi connectivity index (χ0n) is 12.9. The third kappa shape index (κ3) is 4.24. The van der Waals surface area contributed by atoms with Gasteiger partial charge in [-0.25, -0.2) is 0 Å². The molecule has 2 aromatic rings. The maximum atomic E-state index is 10.1. The monoisotopic (exact) mass is 314 g/mol. The van der Waals surface area contributed by atoms with E-state index in [0.717, 1.165) is 24.0 Å². The summed E-state index contributed by atoms with van der Waals surface area (Å²) in [7, 11) is 0. The molecule has 0 aromatic heterocycles. The lowest BCUT2D eigenvalue weighted by Gasteiger charge is -2.33. The van der Waals surface area contributed by atoms with E-state index in [0.29, 0.717) is 12.8 Å². The molecule has 0 unspecified atom stereocenters. The molecular weight excluding hydrogens is 292 g/mol. The molecule has 0 saturated carbocycles. The van der Waals surface area contributed by atoms with Crippen LogP contribution < -0.4 is 0 Å². The van der Waals surface area contributed by atoms with Crippen molar-refractivity contribution in [2.24, 2.45) is 0 Å². The average molecular weight is 314 g/mol. The van der Waals surface area contributed by atoms with Crippen LogP contribution in [0, 0.1) is 0 Å². The Kier molecular flexibility index (Phi) is 4.84. The van der Waals surface area contributed by atoms with E-state index < -0.39 is 0 Å². The maximum Gasteiger partial charge on any atom is 0.115 e. The van der Waals surface area contributed by atoms with Crippen LogP contribution in [-0.2, 0) is 11.2 Å². The molecule has 1 aliphatic rings. The number of hydrogen-bond acceptors (Lipinski definition) is 4. The minimum absolute atomic E-state index is 0.00589. The van der Waals surface area contributed by atoms with Gasteiger partial charge in [-0.2, -0.15) is 0 Å². The van der Waals surface area contributed by atoms with Crippen molar-refractivity contribution in [3.05, 3.63) is 59.7 Å². The summed E-state index contributed by atoms with van der Waals surface area (Å²) in [5.74, 6) is 0.500. The lowest BCUT2D eigenvalue weighted by Crippen LogP contribution is -2.31. The predicted octanol–water partition coefficient (Wildman–Crippen LogP) is 3.31. The summed E-state index contributed by atoms with van der Waals surface area (Å²) in [5, 5.41) is 28.8. The molecule has 1 heterocycles. The maximum absolute atomic E-state index is 10.1. The number of aliphatic hydroxyl groups excluding tert-OH is 1. The van der Waals surface area contributed by atoms with Gasteiger partial charge in [0, 0.05) is 6.42 Å². The van der Waals surface area contributed by atoms with Crippen molar-refractivity contribution in [3.63, 3.8) is 0 Å². The lowest BCUT2D eigenvalue weighted by atomic mass is 9.93. The highest BCUT2D eigenvalue weighted by molar-refractivity contribution is 5.28. The van der Waals surface area contributed by atoms with Crippen molar-refractivity contribution in [3.8, 4) is 11.5 Å². The van der Waals surface area contributed by atoms with Crippen molar-refractivity contribution in [2.75, 3.05) is 0 Å². The van der Waals surface area contributed by atoms with E-state index in [-0.39, 0.29) is 29.8 Å². The summed E-state index contributed by atoms with van der Waals surface area (Å²) >= 11 is 0. The summed E-state index contributed by atoms with van der Waals surface area (Å²) in [6, 6.07) is 14.2. The SMILES string of the molecule is Oc1ccc(CC[C@H]2C[C@H](O)C[C@@H](c3ccc(O)cc3)O2)cc1. The second-order valence-corrected chi connectivity index (χ2v) is 6.17. The van der Waals surface area contributed by atoms with E-state index in [1.54, 1.807) is 24.3 Å². The Morgan fingerprint density at radius 3 is 2.13 bits per heavy atom. The number of aryl methyl sites for hydroxylation is 1. The molecule has 1 aliphatic heterocycles. The Labute approximate surface area is 136 Å². The molecule has 0 spiro atoms. The van der Waals surface area contributed by atoms with Crippen LogP contribution in [-0.4, -0.2) is 27.5 Å². The number of aliphatic hydroxyl groups is 1. The first-order chi connectivity index (χ1) is 11.1. The van der Waals surface area contributed by atoms with Gasteiger partial charge < -0.3 is 20.1 Å². The van der Waals surface area contributed by atoms with Crippen LogP contribution >= 0.6 is 0 Å². The van der Waals surface area contributed by atoms with Gasteiger partial charge in [0.25, 0.3) is 0 Å². The number of aromatic hydroxyl groups is 2. The molecule has 1 saturated heterocycles. The fourth-order valence-corrected chi connectivity index (χ4v) is 3.07. The van der Waals surface area contributed by atoms with Crippen LogP contribution in [0.1, 0.15) is 36.5 Å². The van der Waals surface area contributed by atoms with Crippen LogP contribution in [0.15, 0.2) is 48.5 Å². The predicted molar refractivity (Wildman–Crippen MR) is 87.4 cm³/mol. The summed E-state index contributed by atoms with van der Waals surface area (Å²) < 4.78 is 6.14. The van der Waals surface area contributed by atoms with E-state index >= 15 is 0 Å². The molecule has 3 N–H and O–H groups in total. The van der Waals surface area contributed by atoms with Gasteiger partial charge in [0.05, 0.1) is 18.3 Å². The number of phenols is 2. The first kappa shape index (κ1) is 15.8. The molecule has 4 nitrogen and oxygen atoms in total. The third-order valence-corrected chi connectivity index (χ3v) is 4.33. The van der Waals surface area contributed by atoms with Crippen molar-refractivity contribution >= 4 is 0 Å². The van der Waals surface area contributed by atoms with E-state index in [4.69, 9.17) is 4.74 Å². The van der Waals surface area contributed by atoms with E-state index in [1.165, 1.54) is 0 Å². The lowest BCUT2D eigenvalue weighted by molar-refractivity contribution is -0.0998. The Hall–Kier alpha value is -2.04.